The monoisotopic (exact) mass is 353 g/mol. The highest BCUT2D eigenvalue weighted by Crippen LogP contribution is 2.39. The molecule has 120 valence electrons. The van der Waals surface area contributed by atoms with Crippen LogP contribution in [0.25, 0.3) is 0 Å². The molecule has 0 radical (unpaired) electrons. The number of hydrogen-bond acceptors (Lipinski definition) is 5. The highest BCUT2D eigenvalue weighted by Gasteiger charge is 2.25. The molecule has 0 bridgehead atoms. The smallest absolute Gasteiger partial charge is 0.335 e. The highest BCUT2D eigenvalue weighted by atomic mass is 32.2. The SMILES string of the molecule is Cc1ccc(Sc2c([N+](=O)[O-])cc(C(=O)O)cc2S(=O)O)cc1. The van der Waals surface area contributed by atoms with Crippen molar-refractivity contribution >= 4 is 34.5 Å². The summed E-state index contributed by atoms with van der Waals surface area (Å²) in [5.74, 6) is -1.41. The number of carboxylic acids is 1. The van der Waals surface area contributed by atoms with Crippen LogP contribution in [-0.2, 0) is 11.1 Å². The molecule has 1 unspecified atom stereocenters. The van der Waals surface area contributed by atoms with Gasteiger partial charge in [-0.3, -0.25) is 10.1 Å². The maximum atomic E-state index is 11.5. The van der Waals surface area contributed by atoms with Crippen molar-refractivity contribution in [2.24, 2.45) is 0 Å². The topological polar surface area (TPSA) is 118 Å². The van der Waals surface area contributed by atoms with Gasteiger partial charge >= 0.3 is 5.97 Å². The number of nitro benzene ring substituents is 1. The van der Waals surface area contributed by atoms with E-state index in [0.717, 1.165) is 29.5 Å². The number of nitrogens with zero attached hydrogens (tertiary/aromatic N) is 1. The zero-order chi connectivity index (χ0) is 17.1. The van der Waals surface area contributed by atoms with Gasteiger partial charge in [-0.25, -0.2) is 9.00 Å². The fraction of sp³-hybridized carbons (Fsp3) is 0.0714. The Balaban J connectivity index is 2.63. The predicted octanol–water partition coefficient (Wildman–Crippen LogP) is 3.33. The molecule has 9 heteroatoms. The molecule has 0 aliphatic rings. The molecule has 0 amide bonds. The largest absolute Gasteiger partial charge is 0.478 e. The van der Waals surface area contributed by atoms with E-state index in [1.165, 1.54) is 0 Å². The summed E-state index contributed by atoms with van der Waals surface area (Å²) >= 11 is -1.62. The lowest BCUT2D eigenvalue weighted by atomic mass is 10.2. The quantitative estimate of drug-likeness (QED) is 0.481. The molecule has 1 atom stereocenters. The molecule has 0 aliphatic heterocycles. The van der Waals surface area contributed by atoms with E-state index in [2.05, 4.69) is 0 Å². The van der Waals surface area contributed by atoms with E-state index < -0.39 is 33.2 Å². The molecule has 0 aromatic heterocycles. The average molecular weight is 353 g/mol. The Bertz CT molecular complexity index is 768. The van der Waals surface area contributed by atoms with E-state index in [4.69, 9.17) is 5.11 Å². The van der Waals surface area contributed by atoms with Crippen LogP contribution in [0.5, 0.6) is 0 Å². The number of aromatic carboxylic acids is 1. The van der Waals surface area contributed by atoms with Crippen molar-refractivity contribution < 1.29 is 23.6 Å². The molecule has 0 saturated heterocycles. The van der Waals surface area contributed by atoms with Crippen molar-refractivity contribution in [2.75, 3.05) is 0 Å². The van der Waals surface area contributed by atoms with Crippen molar-refractivity contribution in [3.05, 3.63) is 57.6 Å². The minimum absolute atomic E-state index is 0.0512. The third-order valence-electron chi connectivity index (χ3n) is 2.91. The summed E-state index contributed by atoms with van der Waals surface area (Å²) in [5, 5.41) is 20.2. The van der Waals surface area contributed by atoms with Crippen molar-refractivity contribution in [2.45, 2.75) is 21.6 Å². The molecular formula is C14H11NO6S2. The zero-order valence-corrected chi connectivity index (χ0v) is 13.4. The summed E-state index contributed by atoms with van der Waals surface area (Å²) in [6.45, 7) is 1.88. The average Bonchev–Trinajstić information content (AvgIpc) is 2.48. The van der Waals surface area contributed by atoms with Gasteiger partial charge in [-0.1, -0.05) is 29.5 Å². The van der Waals surface area contributed by atoms with Gasteiger partial charge < -0.3 is 9.66 Å². The van der Waals surface area contributed by atoms with E-state index in [-0.39, 0.29) is 9.79 Å². The fourth-order valence-corrected chi connectivity index (χ4v) is 3.54. The molecule has 0 saturated carbocycles. The molecule has 2 N–H and O–H groups in total. The minimum Gasteiger partial charge on any atom is -0.478 e. The number of carboxylic acid groups (broad SMARTS) is 1. The summed E-state index contributed by atoms with van der Waals surface area (Å²) in [7, 11) is 0. The Morgan fingerprint density at radius 3 is 2.35 bits per heavy atom. The maximum absolute atomic E-state index is 11.5. The molecule has 0 aliphatic carbocycles. The van der Waals surface area contributed by atoms with Gasteiger partial charge in [-0.15, -0.1) is 0 Å². The molecule has 2 aromatic carbocycles. The Morgan fingerprint density at radius 1 is 1.26 bits per heavy atom. The number of rotatable bonds is 5. The van der Waals surface area contributed by atoms with Crippen molar-refractivity contribution in [1.82, 2.24) is 0 Å². The molecule has 2 rings (SSSR count). The van der Waals surface area contributed by atoms with Gasteiger partial charge in [-0.05, 0) is 25.1 Å². The first kappa shape index (κ1) is 17.1. The number of hydrogen-bond donors (Lipinski definition) is 2. The summed E-state index contributed by atoms with van der Waals surface area (Å²) < 4.78 is 20.9. The lowest BCUT2D eigenvalue weighted by molar-refractivity contribution is -0.388. The number of benzene rings is 2. The summed E-state index contributed by atoms with van der Waals surface area (Å²) in [4.78, 5) is 21.8. The van der Waals surface area contributed by atoms with Gasteiger partial charge in [-0.2, -0.15) is 0 Å². The van der Waals surface area contributed by atoms with E-state index in [1.807, 2.05) is 6.92 Å². The second kappa shape index (κ2) is 6.90. The van der Waals surface area contributed by atoms with Gasteiger partial charge in [0.25, 0.3) is 5.69 Å². The van der Waals surface area contributed by atoms with Crippen molar-refractivity contribution in [1.29, 1.82) is 0 Å². The predicted molar refractivity (Wildman–Crippen MR) is 84.4 cm³/mol. The van der Waals surface area contributed by atoms with Gasteiger partial charge in [0.15, 0.2) is 11.1 Å². The van der Waals surface area contributed by atoms with E-state index in [0.29, 0.717) is 4.90 Å². The van der Waals surface area contributed by atoms with Crippen LogP contribution < -0.4 is 0 Å². The van der Waals surface area contributed by atoms with Gasteiger partial charge in [0, 0.05) is 11.0 Å². The van der Waals surface area contributed by atoms with Crippen LogP contribution in [0.3, 0.4) is 0 Å². The lowest BCUT2D eigenvalue weighted by Crippen LogP contribution is -2.04. The summed E-state index contributed by atoms with van der Waals surface area (Å²) in [5.41, 5.74) is 0.0614. The third kappa shape index (κ3) is 3.95. The van der Waals surface area contributed by atoms with Crippen LogP contribution in [0.2, 0.25) is 0 Å². The molecule has 0 heterocycles. The normalized spacial score (nSPS) is 11.9. The van der Waals surface area contributed by atoms with Crippen LogP contribution in [-0.4, -0.2) is 24.8 Å². The second-order valence-corrected chi connectivity index (χ2v) is 6.57. The summed E-state index contributed by atoms with van der Waals surface area (Å²) in [6, 6.07) is 8.90. The van der Waals surface area contributed by atoms with E-state index in [9.17, 15) is 23.7 Å². The Kier molecular flexibility index (Phi) is 5.14. The first-order chi connectivity index (χ1) is 10.8. The second-order valence-electron chi connectivity index (χ2n) is 4.55. The van der Waals surface area contributed by atoms with Crippen LogP contribution in [0.1, 0.15) is 15.9 Å². The summed E-state index contributed by atoms with van der Waals surface area (Å²) in [6.07, 6.45) is 0. The molecule has 2 aromatic rings. The van der Waals surface area contributed by atoms with E-state index in [1.54, 1.807) is 24.3 Å². The van der Waals surface area contributed by atoms with E-state index >= 15 is 0 Å². The Labute approximate surface area is 137 Å². The first-order valence-corrected chi connectivity index (χ1v) is 8.13. The molecule has 0 spiro atoms. The van der Waals surface area contributed by atoms with Crippen molar-refractivity contribution in [3.63, 3.8) is 0 Å². The lowest BCUT2D eigenvalue weighted by Gasteiger charge is -2.09. The molecule has 0 fully saturated rings. The van der Waals surface area contributed by atoms with Gasteiger partial charge in [0.1, 0.15) is 4.90 Å². The Morgan fingerprint density at radius 2 is 1.87 bits per heavy atom. The molecule has 7 nitrogen and oxygen atoms in total. The number of carbonyl (C=O) groups is 1. The van der Waals surface area contributed by atoms with Crippen LogP contribution in [0.4, 0.5) is 5.69 Å². The highest BCUT2D eigenvalue weighted by molar-refractivity contribution is 8.00. The maximum Gasteiger partial charge on any atom is 0.335 e. The Hall–Kier alpha value is -2.23. The fourth-order valence-electron chi connectivity index (χ4n) is 1.80. The van der Waals surface area contributed by atoms with Gasteiger partial charge in [0.2, 0.25) is 0 Å². The van der Waals surface area contributed by atoms with Crippen LogP contribution in [0, 0.1) is 17.0 Å². The molecular weight excluding hydrogens is 342 g/mol. The standard InChI is InChI=1S/C14H11NO6S2/c1-8-2-4-10(5-3-8)22-13-11(15(18)19)6-9(14(16)17)7-12(13)23(20)21/h2-7H,1H3,(H,16,17)(H,20,21). The zero-order valence-electron chi connectivity index (χ0n) is 11.8. The minimum atomic E-state index is -2.56. The van der Waals surface area contributed by atoms with Crippen LogP contribution in [0.15, 0.2) is 51.1 Å². The molecule has 23 heavy (non-hydrogen) atoms. The van der Waals surface area contributed by atoms with Crippen LogP contribution >= 0.6 is 11.8 Å². The number of nitro groups is 1. The first-order valence-electron chi connectivity index (χ1n) is 6.20. The van der Waals surface area contributed by atoms with Crippen molar-refractivity contribution in [3.8, 4) is 0 Å². The van der Waals surface area contributed by atoms with Gasteiger partial charge in [0.05, 0.1) is 15.4 Å². The number of aryl methyl sites for hydroxylation is 1. The third-order valence-corrected chi connectivity index (χ3v) is 4.88.